The first-order chi connectivity index (χ1) is 15.8. The summed E-state index contributed by atoms with van der Waals surface area (Å²) in [6, 6.07) is 12.3. The number of nitrogens with zero attached hydrogens (tertiary/aromatic N) is 2. The Hall–Kier alpha value is -2.54. The van der Waals surface area contributed by atoms with E-state index in [1.165, 1.54) is 12.1 Å². The zero-order valence-corrected chi connectivity index (χ0v) is 20.0. The van der Waals surface area contributed by atoms with Crippen molar-refractivity contribution in [3.63, 3.8) is 0 Å². The molecule has 2 heterocycles. The molecule has 8 heteroatoms. The molecule has 2 N–H and O–H groups in total. The molecule has 0 aliphatic carbocycles. The van der Waals surface area contributed by atoms with Crippen molar-refractivity contribution in [2.75, 3.05) is 25.9 Å². The molecule has 1 aliphatic heterocycles. The SMILES string of the molecule is CC(Oc1cc(-c2ccc(OC3CCN(C)CC3)cc2)cnc1N)c1c(Cl)ccc(F)c1Cl. The summed E-state index contributed by atoms with van der Waals surface area (Å²) in [5.41, 5.74) is 8.17. The zero-order chi connectivity index (χ0) is 23.5. The van der Waals surface area contributed by atoms with E-state index in [2.05, 4.69) is 16.9 Å². The van der Waals surface area contributed by atoms with E-state index < -0.39 is 11.9 Å². The van der Waals surface area contributed by atoms with Crippen LogP contribution in [0.4, 0.5) is 10.2 Å². The minimum atomic E-state index is -0.634. The number of nitrogen functional groups attached to an aromatic ring is 1. The lowest BCUT2D eigenvalue weighted by atomic mass is 10.1. The first-order valence-corrected chi connectivity index (χ1v) is 11.6. The largest absolute Gasteiger partial charge is 0.490 e. The molecule has 1 aromatic heterocycles. The highest BCUT2D eigenvalue weighted by Crippen LogP contribution is 2.37. The standard InChI is InChI=1S/C25H26Cl2FN3O2/c1-15(23-20(26)7-8-21(28)24(23)27)32-22-13-17(14-30-25(22)29)16-3-5-18(6-4-16)33-19-9-11-31(2)12-10-19/h3-8,13-15,19H,9-12H2,1-2H3,(H2,29,30). The predicted molar refractivity (Wildman–Crippen MR) is 131 cm³/mol. The van der Waals surface area contributed by atoms with Crippen molar-refractivity contribution in [2.24, 2.45) is 0 Å². The molecule has 1 atom stereocenters. The van der Waals surface area contributed by atoms with Gasteiger partial charge in [-0.3, -0.25) is 0 Å². The van der Waals surface area contributed by atoms with Gasteiger partial charge in [0, 0.05) is 35.4 Å². The maximum atomic E-state index is 13.9. The number of piperidine rings is 1. The number of aromatic nitrogens is 1. The Morgan fingerprint density at radius 1 is 1.09 bits per heavy atom. The third kappa shape index (κ3) is 5.52. The lowest BCUT2D eigenvalue weighted by Crippen LogP contribution is -2.35. The summed E-state index contributed by atoms with van der Waals surface area (Å²) < 4.78 is 26.0. The quantitative estimate of drug-likeness (QED) is 0.406. The molecule has 0 spiro atoms. The van der Waals surface area contributed by atoms with Crippen molar-refractivity contribution >= 4 is 29.0 Å². The molecule has 174 valence electrons. The van der Waals surface area contributed by atoms with Crippen LogP contribution in [0, 0.1) is 5.82 Å². The number of ether oxygens (including phenoxy) is 2. The Kier molecular flexibility index (Phi) is 7.27. The number of hydrogen-bond acceptors (Lipinski definition) is 5. The van der Waals surface area contributed by atoms with Crippen LogP contribution in [-0.2, 0) is 0 Å². The molecule has 4 rings (SSSR count). The number of hydrogen-bond donors (Lipinski definition) is 1. The Balaban J connectivity index is 1.50. The molecular formula is C25H26Cl2FN3O2. The monoisotopic (exact) mass is 489 g/mol. The molecule has 0 radical (unpaired) electrons. The molecule has 0 amide bonds. The lowest BCUT2D eigenvalue weighted by Gasteiger charge is -2.29. The minimum Gasteiger partial charge on any atom is -0.490 e. The first-order valence-electron chi connectivity index (χ1n) is 10.8. The predicted octanol–water partition coefficient (Wildman–Crippen LogP) is 6.39. The Bertz CT molecular complexity index is 1120. The second-order valence-corrected chi connectivity index (χ2v) is 9.05. The van der Waals surface area contributed by atoms with Gasteiger partial charge in [0.15, 0.2) is 11.6 Å². The van der Waals surface area contributed by atoms with Crippen LogP contribution in [0.25, 0.3) is 11.1 Å². The summed E-state index contributed by atoms with van der Waals surface area (Å²) in [7, 11) is 2.13. The highest BCUT2D eigenvalue weighted by molar-refractivity contribution is 6.36. The van der Waals surface area contributed by atoms with Gasteiger partial charge in [0.1, 0.15) is 23.8 Å². The van der Waals surface area contributed by atoms with Gasteiger partial charge in [-0.15, -0.1) is 0 Å². The molecule has 1 aliphatic rings. The van der Waals surface area contributed by atoms with Crippen molar-refractivity contribution in [3.8, 4) is 22.6 Å². The van der Waals surface area contributed by atoms with Gasteiger partial charge in [-0.25, -0.2) is 9.37 Å². The van der Waals surface area contributed by atoms with E-state index >= 15 is 0 Å². The van der Waals surface area contributed by atoms with Crippen LogP contribution in [0.1, 0.15) is 31.4 Å². The lowest BCUT2D eigenvalue weighted by molar-refractivity contribution is 0.114. The highest BCUT2D eigenvalue weighted by atomic mass is 35.5. The summed E-state index contributed by atoms with van der Waals surface area (Å²) in [6.45, 7) is 3.83. The van der Waals surface area contributed by atoms with Crippen molar-refractivity contribution in [3.05, 3.63) is 70.1 Å². The van der Waals surface area contributed by atoms with Gasteiger partial charge < -0.3 is 20.1 Å². The summed E-state index contributed by atoms with van der Waals surface area (Å²) in [6.07, 6.45) is 3.34. The number of rotatable bonds is 6. The number of anilines is 1. The summed E-state index contributed by atoms with van der Waals surface area (Å²) in [5.74, 6) is 0.866. The fourth-order valence-electron chi connectivity index (χ4n) is 3.89. The summed E-state index contributed by atoms with van der Waals surface area (Å²) in [4.78, 5) is 6.58. The van der Waals surface area contributed by atoms with Crippen molar-refractivity contribution in [1.29, 1.82) is 0 Å². The number of likely N-dealkylation sites (tertiary alicyclic amines) is 1. The average molecular weight is 490 g/mol. The van der Waals surface area contributed by atoms with Crippen LogP contribution < -0.4 is 15.2 Å². The summed E-state index contributed by atoms with van der Waals surface area (Å²) in [5, 5.41) is 0.245. The Labute approximate surface area is 203 Å². The molecule has 33 heavy (non-hydrogen) atoms. The molecule has 1 unspecified atom stereocenters. The van der Waals surface area contributed by atoms with Gasteiger partial charge in [-0.05, 0) is 62.7 Å². The van der Waals surface area contributed by atoms with E-state index in [0.717, 1.165) is 42.8 Å². The molecule has 3 aromatic rings. The second kappa shape index (κ2) is 10.2. The fourth-order valence-corrected chi connectivity index (χ4v) is 4.57. The van der Waals surface area contributed by atoms with E-state index in [0.29, 0.717) is 16.3 Å². The van der Waals surface area contributed by atoms with Gasteiger partial charge in [0.2, 0.25) is 0 Å². The van der Waals surface area contributed by atoms with Crippen LogP contribution in [0.3, 0.4) is 0 Å². The number of benzene rings is 2. The van der Waals surface area contributed by atoms with Crippen LogP contribution in [-0.4, -0.2) is 36.1 Å². The molecule has 2 aromatic carbocycles. The van der Waals surface area contributed by atoms with Gasteiger partial charge in [-0.1, -0.05) is 35.3 Å². The maximum Gasteiger partial charge on any atom is 0.166 e. The summed E-state index contributed by atoms with van der Waals surface area (Å²) >= 11 is 12.3. The van der Waals surface area contributed by atoms with Crippen LogP contribution in [0.15, 0.2) is 48.7 Å². The second-order valence-electron chi connectivity index (χ2n) is 8.27. The number of nitrogens with two attached hydrogens (primary N) is 1. The zero-order valence-electron chi connectivity index (χ0n) is 18.5. The van der Waals surface area contributed by atoms with Gasteiger partial charge in [0.05, 0.1) is 5.02 Å². The fraction of sp³-hybridized carbons (Fsp3) is 0.320. The Morgan fingerprint density at radius 2 is 1.79 bits per heavy atom. The van der Waals surface area contributed by atoms with Crippen LogP contribution in [0.5, 0.6) is 11.5 Å². The Morgan fingerprint density at radius 3 is 2.48 bits per heavy atom. The van der Waals surface area contributed by atoms with Gasteiger partial charge in [-0.2, -0.15) is 0 Å². The molecular weight excluding hydrogens is 464 g/mol. The molecule has 1 saturated heterocycles. The van der Waals surface area contributed by atoms with Crippen molar-refractivity contribution < 1.29 is 13.9 Å². The molecule has 0 bridgehead atoms. The van der Waals surface area contributed by atoms with Gasteiger partial charge in [0.25, 0.3) is 0 Å². The van der Waals surface area contributed by atoms with Crippen LogP contribution in [0.2, 0.25) is 10.0 Å². The van der Waals surface area contributed by atoms with Crippen molar-refractivity contribution in [2.45, 2.75) is 32.0 Å². The first kappa shape index (κ1) is 23.6. The average Bonchev–Trinajstić information content (AvgIpc) is 2.80. The van der Waals surface area contributed by atoms with E-state index in [1.54, 1.807) is 19.2 Å². The van der Waals surface area contributed by atoms with E-state index in [-0.39, 0.29) is 16.9 Å². The highest BCUT2D eigenvalue weighted by Gasteiger charge is 2.20. The minimum absolute atomic E-state index is 0.0714. The van der Waals surface area contributed by atoms with E-state index in [9.17, 15) is 4.39 Å². The smallest absolute Gasteiger partial charge is 0.166 e. The molecule has 0 saturated carbocycles. The van der Waals surface area contributed by atoms with Crippen molar-refractivity contribution in [1.82, 2.24) is 9.88 Å². The topological polar surface area (TPSA) is 60.6 Å². The number of pyridine rings is 1. The maximum absolute atomic E-state index is 13.9. The molecule has 1 fully saturated rings. The third-order valence-electron chi connectivity index (χ3n) is 5.83. The number of halogens is 3. The van der Waals surface area contributed by atoms with E-state index in [1.807, 2.05) is 24.3 Å². The molecule has 5 nitrogen and oxygen atoms in total. The third-order valence-corrected chi connectivity index (χ3v) is 6.54. The van der Waals surface area contributed by atoms with Crippen LogP contribution >= 0.6 is 23.2 Å². The van der Waals surface area contributed by atoms with E-state index in [4.69, 9.17) is 38.4 Å². The normalized spacial score (nSPS) is 15.9. The van der Waals surface area contributed by atoms with Gasteiger partial charge >= 0.3 is 0 Å².